The zero-order valence-electron chi connectivity index (χ0n) is 9.40. The van der Waals surface area contributed by atoms with Crippen LogP contribution in [0.2, 0.25) is 0 Å². The van der Waals surface area contributed by atoms with Crippen molar-refractivity contribution in [2.45, 2.75) is 6.61 Å². The van der Waals surface area contributed by atoms with Crippen LogP contribution in [-0.4, -0.2) is 0 Å². The minimum absolute atomic E-state index is 0.582. The lowest BCUT2D eigenvalue weighted by molar-refractivity contribution is 0.306. The number of ether oxygens (including phenoxy) is 1. The van der Waals surface area contributed by atoms with Crippen molar-refractivity contribution in [3.63, 3.8) is 0 Å². The summed E-state index contributed by atoms with van der Waals surface area (Å²) in [7, 11) is 0. The Hall–Kier alpha value is -1.54. The van der Waals surface area contributed by atoms with Crippen LogP contribution in [0, 0.1) is 0 Å². The van der Waals surface area contributed by atoms with Crippen molar-refractivity contribution >= 4 is 22.0 Å². The zero-order chi connectivity index (χ0) is 12.1. The summed E-state index contributed by atoms with van der Waals surface area (Å²) < 4.78 is 6.73. The fraction of sp³-hybridized carbons (Fsp3) is 0.0667. The predicted molar refractivity (Wildman–Crippen MR) is 75.0 cm³/mol. The van der Waals surface area contributed by atoms with Gasteiger partial charge in [-0.05, 0) is 35.4 Å². The molecular weight excluding hydrogens is 276 g/mol. The third kappa shape index (κ3) is 3.46. The monoisotopic (exact) mass is 288 g/mol. The Morgan fingerprint density at radius 3 is 2.24 bits per heavy atom. The van der Waals surface area contributed by atoms with E-state index in [1.54, 1.807) is 0 Å². The molecule has 0 amide bonds. The first-order valence-corrected chi connectivity index (χ1v) is 6.17. The van der Waals surface area contributed by atoms with Crippen LogP contribution < -0.4 is 4.74 Å². The van der Waals surface area contributed by atoms with Crippen LogP contribution in [-0.2, 0) is 6.61 Å². The SMILES string of the molecule is C=Cc1ccc(COc2ccc(Br)cc2)cc1. The molecule has 0 aliphatic rings. The highest BCUT2D eigenvalue weighted by Gasteiger charge is 1.96. The molecule has 0 N–H and O–H groups in total. The molecule has 2 aromatic rings. The molecular formula is C15H13BrO. The van der Waals surface area contributed by atoms with E-state index in [4.69, 9.17) is 4.74 Å². The molecule has 0 radical (unpaired) electrons. The average molecular weight is 289 g/mol. The lowest BCUT2D eigenvalue weighted by Crippen LogP contribution is -1.94. The predicted octanol–water partition coefficient (Wildman–Crippen LogP) is 4.67. The van der Waals surface area contributed by atoms with Gasteiger partial charge in [0.1, 0.15) is 12.4 Å². The third-order valence-corrected chi connectivity index (χ3v) is 2.96. The molecule has 0 aliphatic carbocycles. The molecule has 0 unspecified atom stereocenters. The van der Waals surface area contributed by atoms with Crippen LogP contribution in [0.4, 0.5) is 0 Å². The van der Waals surface area contributed by atoms with E-state index < -0.39 is 0 Å². The van der Waals surface area contributed by atoms with Crippen LogP contribution >= 0.6 is 15.9 Å². The minimum Gasteiger partial charge on any atom is -0.489 e. The number of hydrogen-bond donors (Lipinski definition) is 0. The zero-order valence-corrected chi connectivity index (χ0v) is 11.0. The fourth-order valence-corrected chi connectivity index (χ4v) is 1.71. The van der Waals surface area contributed by atoms with E-state index >= 15 is 0 Å². The summed E-state index contributed by atoms with van der Waals surface area (Å²) in [6.45, 7) is 4.31. The molecule has 2 rings (SSSR count). The summed E-state index contributed by atoms with van der Waals surface area (Å²) in [4.78, 5) is 0. The molecule has 2 heteroatoms. The minimum atomic E-state index is 0.582. The highest BCUT2D eigenvalue weighted by Crippen LogP contribution is 2.17. The number of rotatable bonds is 4. The van der Waals surface area contributed by atoms with E-state index in [9.17, 15) is 0 Å². The van der Waals surface area contributed by atoms with Gasteiger partial charge in [-0.1, -0.05) is 52.9 Å². The van der Waals surface area contributed by atoms with E-state index in [2.05, 4.69) is 34.6 Å². The van der Waals surface area contributed by atoms with Gasteiger partial charge in [0.2, 0.25) is 0 Å². The van der Waals surface area contributed by atoms with Gasteiger partial charge in [-0.3, -0.25) is 0 Å². The molecule has 0 saturated carbocycles. The van der Waals surface area contributed by atoms with Gasteiger partial charge < -0.3 is 4.74 Å². The Bertz CT molecular complexity index is 485. The summed E-state index contributed by atoms with van der Waals surface area (Å²) in [6, 6.07) is 16.0. The third-order valence-electron chi connectivity index (χ3n) is 2.43. The van der Waals surface area contributed by atoms with Gasteiger partial charge in [0.25, 0.3) is 0 Å². The molecule has 86 valence electrons. The van der Waals surface area contributed by atoms with Gasteiger partial charge in [0.15, 0.2) is 0 Å². The van der Waals surface area contributed by atoms with Gasteiger partial charge in [-0.2, -0.15) is 0 Å². The maximum absolute atomic E-state index is 5.67. The first-order chi connectivity index (χ1) is 8.28. The lowest BCUT2D eigenvalue weighted by atomic mass is 10.1. The van der Waals surface area contributed by atoms with Crippen LogP contribution in [0.15, 0.2) is 59.6 Å². The van der Waals surface area contributed by atoms with Gasteiger partial charge in [0, 0.05) is 4.47 Å². The standard InChI is InChI=1S/C15H13BrO/c1-2-12-3-5-13(6-4-12)11-17-15-9-7-14(16)8-10-15/h2-10H,1,11H2. The van der Waals surface area contributed by atoms with Crippen LogP contribution in [0.25, 0.3) is 6.08 Å². The van der Waals surface area contributed by atoms with Crippen molar-refractivity contribution in [2.24, 2.45) is 0 Å². The second kappa shape index (κ2) is 5.69. The molecule has 0 fully saturated rings. The van der Waals surface area contributed by atoms with E-state index in [1.165, 1.54) is 0 Å². The second-order valence-electron chi connectivity index (χ2n) is 3.69. The molecule has 0 aromatic heterocycles. The molecule has 0 heterocycles. The Morgan fingerprint density at radius 1 is 1.00 bits per heavy atom. The van der Waals surface area contributed by atoms with E-state index in [0.717, 1.165) is 21.3 Å². The highest BCUT2D eigenvalue weighted by molar-refractivity contribution is 9.10. The van der Waals surface area contributed by atoms with E-state index in [-0.39, 0.29) is 0 Å². The molecule has 0 spiro atoms. The van der Waals surface area contributed by atoms with Crippen molar-refractivity contribution in [1.29, 1.82) is 0 Å². The van der Waals surface area contributed by atoms with Crippen molar-refractivity contribution in [2.75, 3.05) is 0 Å². The van der Waals surface area contributed by atoms with Gasteiger partial charge in [-0.15, -0.1) is 0 Å². The van der Waals surface area contributed by atoms with Crippen LogP contribution in [0.1, 0.15) is 11.1 Å². The van der Waals surface area contributed by atoms with Gasteiger partial charge in [-0.25, -0.2) is 0 Å². The van der Waals surface area contributed by atoms with E-state index in [0.29, 0.717) is 6.61 Å². The van der Waals surface area contributed by atoms with Crippen molar-refractivity contribution in [3.05, 3.63) is 70.7 Å². The molecule has 0 bridgehead atoms. The van der Waals surface area contributed by atoms with E-state index in [1.807, 2.05) is 42.5 Å². The summed E-state index contributed by atoms with van der Waals surface area (Å²) in [5, 5.41) is 0. The Balaban J connectivity index is 1.97. The van der Waals surface area contributed by atoms with Gasteiger partial charge >= 0.3 is 0 Å². The fourth-order valence-electron chi connectivity index (χ4n) is 1.45. The van der Waals surface area contributed by atoms with Crippen LogP contribution in [0.5, 0.6) is 5.75 Å². The van der Waals surface area contributed by atoms with Crippen molar-refractivity contribution in [1.82, 2.24) is 0 Å². The maximum Gasteiger partial charge on any atom is 0.119 e. The number of hydrogen-bond acceptors (Lipinski definition) is 1. The normalized spacial score (nSPS) is 9.94. The van der Waals surface area contributed by atoms with Crippen molar-refractivity contribution < 1.29 is 4.74 Å². The average Bonchev–Trinajstić information content (AvgIpc) is 2.39. The molecule has 1 nitrogen and oxygen atoms in total. The number of halogens is 1. The van der Waals surface area contributed by atoms with Crippen molar-refractivity contribution in [3.8, 4) is 5.75 Å². The van der Waals surface area contributed by atoms with Crippen LogP contribution in [0.3, 0.4) is 0 Å². The smallest absolute Gasteiger partial charge is 0.119 e. The molecule has 0 saturated heterocycles. The second-order valence-corrected chi connectivity index (χ2v) is 4.60. The molecule has 2 aromatic carbocycles. The molecule has 0 aliphatic heterocycles. The topological polar surface area (TPSA) is 9.23 Å². The lowest BCUT2D eigenvalue weighted by Gasteiger charge is -2.06. The molecule has 17 heavy (non-hydrogen) atoms. The Labute approximate surface area is 110 Å². The summed E-state index contributed by atoms with van der Waals surface area (Å²) in [5.74, 6) is 0.876. The number of benzene rings is 2. The molecule has 0 atom stereocenters. The first kappa shape index (κ1) is 11.9. The largest absolute Gasteiger partial charge is 0.489 e. The highest BCUT2D eigenvalue weighted by atomic mass is 79.9. The Morgan fingerprint density at radius 2 is 1.65 bits per heavy atom. The summed E-state index contributed by atoms with van der Waals surface area (Å²) in [5.41, 5.74) is 2.27. The quantitative estimate of drug-likeness (QED) is 0.794. The maximum atomic E-state index is 5.67. The summed E-state index contributed by atoms with van der Waals surface area (Å²) in [6.07, 6.45) is 1.83. The first-order valence-electron chi connectivity index (χ1n) is 5.37. The Kier molecular flexibility index (Phi) is 3.99. The van der Waals surface area contributed by atoms with Gasteiger partial charge in [0.05, 0.1) is 0 Å². The summed E-state index contributed by atoms with van der Waals surface area (Å²) >= 11 is 3.39.